The van der Waals surface area contributed by atoms with E-state index >= 15 is 0 Å². The van der Waals surface area contributed by atoms with Crippen molar-refractivity contribution >= 4 is 11.7 Å². The quantitative estimate of drug-likeness (QED) is 0.775. The Morgan fingerprint density at radius 2 is 1.89 bits per heavy atom. The van der Waals surface area contributed by atoms with Gasteiger partial charge < -0.3 is 10.1 Å². The number of fused-ring (bicyclic) bond motifs is 1. The van der Waals surface area contributed by atoms with Gasteiger partial charge in [-0.05, 0) is 51.3 Å². The number of carbonyl (C=O) groups is 1. The van der Waals surface area contributed by atoms with Gasteiger partial charge in [0.25, 0.3) is 0 Å². The molecule has 0 unspecified atom stereocenters. The van der Waals surface area contributed by atoms with E-state index < -0.39 is 5.60 Å². The molecular formula is C15H21NO2. The molecule has 2 rings (SSSR count). The van der Waals surface area contributed by atoms with Gasteiger partial charge >= 0.3 is 5.97 Å². The van der Waals surface area contributed by atoms with Crippen LogP contribution in [-0.2, 0) is 16.0 Å². The van der Waals surface area contributed by atoms with E-state index in [4.69, 9.17) is 4.74 Å². The van der Waals surface area contributed by atoms with Gasteiger partial charge in [0.15, 0.2) is 0 Å². The van der Waals surface area contributed by atoms with E-state index in [0.29, 0.717) is 0 Å². The van der Waals surface area contributed by atoms with Crippen molar-refractivity contribution in [1.82, 2.24) is 0 Å². The number of ether oxygens (including phenoxy) is 1. The average Bonchev–Trinajstić information content (AvgIpc) is 2.67. The summed E-state index contributed by atoms with van der Waals surface area (Å²) in [7, 11) is 0. The molecule has 3 heteroatoms. The van der Waals surface area contributed by atoms with Crippen LogP contribution in [-0.4, -0.2) is 17.6 Å². The maximum absolute atomic E-state index is 12.1. The lowest BCUT2D eigenvalue weighted by Gasteiger charge is -2.22. The van der Waals surface area contributed by atoms with Crippen LogP contribution < -0.4 is 5.32 Å². The monoisotopic (exact) mass is 247 g/mol. The summed E-state index contributed by atoms with van der Waals surface area (Å²) in [6.45, 7) is 9.82. The number of anilines is 1. The van der Waals surface area contributed by atoms with E-state index in [2.05, 4.69) is 31.3 Å². The first kappa shape index (κ1) is 12.9. The standard InChI is InChI=1S/C15H21NO2/c1-9-6-7-10(2)13-11(9)8-12(16-13)14(17)18-15(3,4)5/h6-7,12,16H,8H2,1-5H3/t12-/m1/s1. The fraction of sp³-hybridized carbons (Fsp3) is 0.533. The summed E-state index contributed by atoms with van der Waals surface area (Å²) in [5.41, 5.74) is 4.32. The second-order valence-electron chi connectivity index (χ2n) is 5.99. The molecule has 0 bridgehead atoms. The number of hydrogen-bond donors (Lipinski definition) is 1. The van der Waals surface area contributed by atoms with Gasteiger partial charge in [-0.1, -0.05) is 12.1 Å². The number of nitrogens with one attached hydrogen (secondary N) is 1. The van der Waals surface area contributed by atoms with E-state index in [9.17, 15) is 4.79 Å². The Kier molecular flexibility index (Phi) is 3.09. The second kappa shape index (κ2) is 4.30. The topological polar surface area (TPSA) is 38.3 Å². The van der Waals surface area contributed by atoms with E-state index in [1.165, 1.54) is 16.7 Å². The summed E-state index contributed by atoms with van der Waals surface area (Å²) >= 11 is 0. The highest BCUT2D eigenvalue weighted by Gasteiger charge is 2.32. The Morgan fingerprint density at radius 3 is 2.44 bits per heavy atom. The molecule has 1 aliphatic heterocycles. The van der Waals surface area contributed by atoms with Gasteiger partial charge in [-0.2, -0.15) is 0 Å². The molecule has 0 aromatic heterocycles. The second-order valence-corrected chi connectivity index (χ2v) is 5.99. The van der Waals surface area contributed by atoms with Gasteiger partial charge in [-0.3, -0.25) is 0 Å². The highest BCUT2D eigenvalue weighted by atomic mass is 16.6. The molecule has 1 aromatic rings. The molecule has 18 heavy (non-hydrogen) atoms. The molecule has 0 amide bonds. The summed E-state index contributed by atoms with van der Waals surface area (Å²) < 4.78 is 5.43. The van der Waals surface area contributed by atoms with Crippen LogP contribution in [0.15, 0.2) is 12.1 Å². The number of carbonyl (C=O) groups excluding carboxylic acids is 1. The minimum atomic E-state index is -0.433. The Balaban J connectivity index is 2.18. The predicted octanol–water partition coefficient (Wildman–Crippen LogP) is 2.98. The van der Waals surface area contributed by atoms with Crippen LogP contribution in [0.1, 0.15) is 37.5 Å². The fourth-order valence-corrected chi connectivity index (χ4v) is 2.28. The zero-order chi connectivity index (χ0) is 13.5. The SMILES string of the molecule is Cc1ccc(C)c2c1C[C@H](C(=O)OC(C)(C)C)N2. The molecule has 1 aliphatic rings. The van der Waals surface area contributed by atoms with Crippen molar-refractivity contribution in [2.75, 3.05) is 5.32 Å². The lowest BCUT2D eigenvalue weighted by atomic mass is 10.0. The van der Waals surface area contributed by atoms with Crippen LogP contribution >= 0.6 is 0 Å². The van der Waals surface area contributed by atoms with Crippen LogP contribution in [0, 0.1) is 13.8 Å². The molecule has 1 heterocycles. The third-order valence-electron chi connectivity index (χ3n) is 3.17. The third-order valence-corrected chi connectivity index (χ3v) is 3.17. The van der Waals surface area contributed by atoms with Crippen LogP contribution in [0.5, 0.6) is 0 Å². The Hall–Kier alpha value is -1.51. The number of benzene rings is 1. The minimum absolute atomic E-state index is 0.169. The van der Waals surface area contributed by atoms with Crippen LogP contribution in [0.25, 0.3) is 0 Å². The molecule has 0 aliphatic carbocycles. The summed E-state index contributed by atoms with van der Waals surface area (Å²) in [5.74, 6) is -0.169. The number of aryl methyl sites for hydroxylation is 2. The molecule has 98 valence electrons. The van der Waals surface area contributed by atoms with Crippen molar-refractivity contribution in [3.8, 4) is 0 Å². The van der Waals surface area contributed by atoms with Crippen molar-refractivity contribution in [3.05, 3.63) is 28.8 Å². The number of rotatable bonds is 1. The zero-order valence-electron chi connectivity index (χ0n) is 11.8. The van der Waals surface area contributed by atoms with E-state index in [-0.39, 0.29) is 12.0 Å². The molecule has 0 saturated heterocycles. The van der Waals surface area contributed by atoms with Crippen molar-refractivity contribution in [2.24, 2.45) is 0 Å². The number of esters is 1. The first-order valence-corrected chi connectivity index (χ1v) is 6.36. The molecule has 0 saturated carbocycles. The molecule has 1 N–H and O–H groups in total. The summed E-state index contributed by atoms with van der Waals surface area (Å²) in [6.07, 6.45) is 0.720. The van der Waals surface area contributed by atoms with Crippen LogP contribution in [0.4, 0.5) is 5.69 Å². The van der Waals surface area contributed by atoms with E-state index in [0.717, 1.165) is 12.1 Å². The van der Waals surface area contributed by atoms with Crippen molar-refractivity contribution in [1.29, 1.82) is 0 Å². The maximum atomic E-state index is 12.1. The third kappa shape index (κ3) is 2.50. The van der Waals surface area contributed by atoms with Gasteiger partial charge in [0.05, 0.1) is 0 Å². The van der Waals surface area contributed by atoms with Gasteiger partial charge in [0.1, 0.15) is 11.6 Å². The van der Waals surface area contributed by atoms with E-state index in [1.54, 1.807) is 0 Å². The number of hydrogen-bond acceptors (Lipinski definition) is 3. The summed E-state index contributed by atoms with van der Waals surface area (Å²) in [4.78, 5) is 12.1. The average molecular weight is 247 g/mol. The van der Waals surface area contributed by atoms with Crippen LogP contribution in [0.2, 0.25) is 0 Å². The van der Waals surface area contributed by atoms with Crippen molar-refractivity contribution < 1.29 is 9.53 Å². The lowest BCUT2D eigenvalue weighted by Crippen LogP contribution is -2.35. The van der Waals surface area contributed by atoms with Crippen molar-refractivity contribution in [2.45, 2.75) is 52.7 Å². The Morgan fingerprint density at radius 1 is 1.28 bits per heavy atom. The molecule has 0 spiro atoms. The molecule has 0 fully saturated rings. The summed E-state index contributed by atoms with van der Waals surface area (Å²) in [5, 5.41) is 3.29. The smallest absolute Gasteiger partial charge is 0.329 e. The molecule has 3 nitrogen and oxygen atoms in total. The normalized spacial score (nSPS) is 18.2. The molecule has 1 atom stereocenters. The van der Waals surface area contributed by atoms with Crippen LogP contribution in [0.3, 0.4) is 0 Å². The zero-order valence-corrected chi connectivity index (χ0v) is 11.8. The first-order valence-electron chi connectivity index (χ1n) is 6.36. The lowest BCUT2D eigenvalue weighted by molar-refractivity contribution is -0.155. The Bertz CT molecular complexity index is 455. The van der Waals surface area contributed by atoms with Crippen molar-refractivity contribution in [3.63, 3.8) is 0 Å². The highest BCUT2D eigenvalue weighted by Crippen LogP contribution is 2.32. The molecular weight excluding hydrogens is 226 g/mol. The Labute approximate surface area is 109 Å². The van der Waals surface area contributed by atoms with Gasteiger partial charge in [0.2, 0.25) is 0 Å². The van der Waals surface area contributed by atoms with Gasteiger partial charge in [-0.25, -0.2) is 4.79 Å². The largest absolute Gasteiger partial charge is 0.458 e. The highest BCUT2D eigenvalue weighted by molar-refractivity contribution is 5.84. The minimum Gasteiger partial charge on any atom is -0.458 e. The fourth-order valence-electron chi connectivity index (χ4n) is 2.28. The van der Waals surface area contributed by atoms with Gasteiger partial charge in [-0.15, -0.1) is 0 Å². The van der Waals surface area contributed by atoms with E-state index in [1.807, 2.05) is 20.8 Å². The maximum Gasteiger partial charge on any atom is 0.329 e. The summed E-state index contributed by atoms with van der Waals surface area (Å²) in [6, 6.07) is 3.94. The predicted molar refractivity (Wildman–Crippen MR) is 72.9 cm³/mol. The van der Waals surface area contributed by atoms with Gasteiger partial charge in [0, 0.05) is 12.1 Å². The first-order chi connectivity index (χ1) is 8.28. The molecule has 0 radical (unpaired) electrons. The molecule has 1 aromatic carbocycles.